The van der Waals surface area contributed by atoms with Crippen molar-refractivity contribution in [1.29, 1.82) is 0 Å². The van der Waals surface area contributed by atoms with E-state index in [0.717, 1.165) is 24.0 Å². The lowest BCUT2D eigenvalue weighted by Crippen LogP contribution is -2.40. The molecule has 146 valence electrons. The molecule has 0 amide bonds. The SMILES string of the molecule is C[C@H](N)c1ccc(S(=O)(=O)N(C)C2CCOCC2)cc1/C=C/C1CC1.Cl. The molecule has 3 rings (SSSR count). The van der Waals surface area contributed by atoms with Crippen molar-refractivity contribution < 1.29 is 13.2 Å². The van der Waals surface area contributed by atoms with Crippen molar-refractivity contribution in [2.45, 2.75) is 49.6 Å². The first-order valence-corrected chi connectivity index (χ1v) is 10.5. The van der Waals surface area contributed by atoms with Crippen molar-refractivity contribution in [3.8, 4) is 0 Å². The van der Waals surface area contributed by atoms with Gasteiger partial charge in [-0.25, -0.2) is 8.42 Å². The van der Waals surface area contributed by atoms with Crippen molar-refractivity contribution in [3.63, 3.8) is 0 Å². The van der Waals surface area contributed by atoms with Gasteiger partial charge in [0.1, 0.15) is 0 Å². The summed E-state index contributed by atoms with van der Waals surface area (Å²) >= 11 is 0. The van der Waals surface area contributed by atoms with Gasteiger partial charge in [-0.15, -0.1) is 12.4 Å². The fourth-order valence-corrected chi connectivity index (χ4v) is 4.66. The van der Waals surface area contributed by atoms with Gasteiger partial charge in [0.25, 0.3) is 0 Å². The van der Waals surface area contributed by atoms with Crippen molar-refractivity contribution in [2.75, 3.05) is 20.3 Å². The lowest BCUT2D eigenvalue weighted by molar-refractivity contribution is 0.0632. The van der Waals surface area contributed by atoms with Gasteiger partial charge in [0.2, 0.25) is 10.0 Å². The van der Waals surface area contributed by atoms with Crippen LogP contribution in [0.2, 0.25) is 0 Å². The van der Waals surface area contributed by atoms with Crippen LogP contribution in [0.1, 0.15) is 49.8 Å². The van der Waals surface area contributed by atoms with Crippen LogP contribution in [0, 0.1) is 5.92 Å². The van der Waals surface area contributed by atoms with Crippen LogP contribution in [0.15, 0.2) is 29.2 Å². The molecule has 0 bridgehead atoms. The average Bonchev–Trinajstić information content (AvgIpc) is 3.44. The summed E-state index contributed by atoms with van der Waals surface area (Å²) < 4.78 is 32.9. The quantitative estimate of drug-likeness (QED) is 0.794. The third kappa shape index (κ3) is 4.87. The number of rotatable bonds is 6. The summed E-state index contributed by atoms with van der Waals surface area (Å²) in [6.45, 7) is 3.15. The second-order valence-corrected chi connectivity index (χ2v) is 9.14. The molecule has 1 aliphatic heterocycles. The Morgan fingerprint density at radius 3 is 2.46 bits per heavy atom. The number of benzene rings is 1. The highest BCUT2D eigenvalue weighted by molar-refractivity contribution is 7.89. The van der Waals surface area contributed by atoms with Gasteiger partial charge < -0.3 is 10.5 Å². The normalized spacial score (nSPS) is 20.3. The lowest BCUT2D eigenvalue weighted by atomic mass is 10.0. The predicted octanol–water partition coefficient (Wildman–Crippen LogP) is 3.35. The second-order valence-electron chi connectivity index (χ2n) is 7.14. The van der Waals surface area contributed by atoms with Crippen LogP contribution in [-0.4, -0.2) is 39.0 Å². The Labute approximate surface area is 163 Å². The summed E-state index contributed by atoms with van der Waals surface area (Å²) in [5, 5.41) is 0. The molecular weight excluding hydrogens is 372 g/mol. The molecule has 0 unspecified atom stereocenters. The molecule has 2 fully saturated rings. The van der Waals surface area contributed by atoms with Crippen molar-refractivity contribution >= 4 is 28.5 Å². The van der Waals surface area contributed by atoms with Crippen molar-refractivity contribution in [1.82, 2.24) is 4.31 Å². The van der Waals surface area contributed by atoms with Gasteiger partial charge in [0.15, 0.2) is 0 Å². The van der Waals surface area contributed by atoms with Gasteiger partial charge >= 0.3 is 0 Å². The summed E-state index contributed by atoms with van der Waals surface area (Å²) in [5.74, 6) is 0.631. The highest BCUT2D eigenvalue weighted by atomic mass is 35.5. The number of allylic oxidation sites excluding steroid dienone is 1. The Morgan fingerprint density at radius 1 is 1.23 bits per heavy atom. The molecule has 7 heteroatoms. The summed E-state index contributed by atoms with van der Waals surface area (Å²) in [7, 11) is -1.85. The van der Waals surface area contributed by atoms with Gasteiger partial charge in [-0.1, -0.05) is 18.2 Å². The molecular formula is C19H29ClN2O3S. The molecule has 2 aliphatic rings. The van der Waals surface area contributed by atoms with Gasteiger partial charge in [-0.2, -0.15) is 4.31 Å². The minimum Gasteiger partial charge on any atom is -0.381 e. The van der Waals surface area contributed by atoms with Crippen LogP contribution in [0.5, 0.6) is 0 Å². The number of nitrogens with zero attached hydrogens (tertiary/aromatic N) is 1. The zero-order valence-corrected chi connectivity index (χ0v) is 17.1. The Hall–Kier alpha value is -0.920. The molecule has 0 aromatic heterocycles. The first kappa shape index (κ1) is 21.4. The predicted molar refractivity (Wildman–Crippen MR) is 107 cm³/mol. The first-order valence-electron chi connectivity index (χ1n) is 9.03. The van der Waals surface area contributed by atoms with Gasteiger partial charge in [-0.05, 0) is 61.8 Å². The van der Waals surface area contributed by atoms with Gasteiger partial charge in [0, 0.05) is 32.3 Å². The Bertz CT molecular complexity index is 739. The maximum atomic E-state index is 13.0. The summed E-state index contributed by atoms with van der Waals surface area (Å²) in [6.07, 6.45) is 8.11. The van der Waals surface area contributed by atoms with E-state index in [2.05, 4.69) is 6.08 Å². The van der Waals surface area contributed by atoms with Crippen LogP contribution in [0.4, 0.5) is 0 Å². The summed E-state index contributed by atoms with van der Waals surface area (Å²) in [6, 6.07) is 5.16. The number of hydrogen-bond donors (Lipinski definition) is 1. The van der Waals surface area contributed by atoms with E-state index in [-0.39, 0.29) is 24.5 Å². The van der Waals surface area contributed by atoms with Crippen molar-refractivity contribution in [3.05, 3.63) is 35.4 Å². The molecule has 1 aromatic carbocycles. The van der Waals surface area contributed by atoms with E-state index in [1.54, 1.807) is 19.2 Å². The largest absolute Gasteiger partial charge is 0.381 e. The molecule has 5 nitrogen and oxygen atoms in total. The number of sulfonamides is 1. The summed E-state index contributed by atoms with van der Waals surface area (Å²) in [5.41, 5.74) is 7.95. The zero-order valence-electron chi connectivity index (χ0n) is 15.4. The van der Waals surface area contributed by atoms with E-state index < -0.39 is 10.0 Å². The van der Waals surface area contributed by atoms with E-state index in [0.29, 0.717) is 24.0 Å². The van der Waals surface area contributed by atoms with Crippen LogP contribution < -0.4 is 5.73 Å². The van der Waals surface area contributed by atoms with Crippen LogP contribution in [-0.2, 0) is 14.8 Å². The fourth-order valence-electron chi connectivity index (χ4n) is 3.21. The molecule has 26 heavy (non-hydrogen) atoms. The molecule has 1 aliphatic carbocycles. The molecule has 1 heterocycles. The Morgan fingerprint density at radius 2 is 1.88 bits per heavy atom. The number of hydrogen-bond acceptors (Lipinski definition) is 4. The lowest BCUT2D eigenvalue weighted by Gasteiger charge is -2.30. The third-order valence-corrected chi connectivity index (χ3v) is 7.01. The maximum Gasteiger partial charge on any atom is 0.243 e. The standard InChI is InChI=1S/C19H28N2O3S.ClH/c1-14(20)19-8-7-18(13-16(19)6-5-15-3-4-15)25(22,23)21(2)17-9-11-24-12-10-17;/h5-8,13-15,17H,3-4,9-12,20H2,1-2H3;1H/b6-5+;/t14-;/m0./s1. The maximum absolute atomic E-state index is 13.0. The smallest absolute Gasteiger partial charge is 0.243 e. The van der Waals surface area contributed by atoms with Crippen LogP contribution in [0.25, 0.3) is 6.08 Å². The number of halogens is 1. The van der Waals surface area contributed by atoms with Crippen LogP contribution >= 0.6 is 12.4 Å². The average molecular weight is 401 g/mol. The van der Waals surface area contributed by atoms with Gasteiger partial charge in [0.05, 0.1) is 4.90 Å². The molecule has 1 aromatic rings. The number of ether oxygens (including phenoxy) is 1. The first-order chi connectivity index (χ1) is 11.9. The Balaban J connectivity index is 0.00000243. The summed E-state index contributed by atoms with van der Waals surface area (Å²) in [4.78, 5) is 0.335. The fraction of sp³-hybridized carbons (Fsp3) is 0.579. The van der Waals surface area contributed by atoms with E-state index in [9.17, 15) is 8.42 Å². The molecule has 0 spiro atoms. The van der Waals surface area contributed by atoms with E-state index in [1.807, 2.05) is 19.1 Å². The molecule has 1 atom stereocenters. The molecule has 0 radical (unpaired) electrons. The van der Waals surface area contributed by atoms with E-state index in [1.165, 1.54) is 17.1 Å². The highest BCUT2D eigenvalue weighted by Gasteiger charge is 2.29. The number of nitrogens with two attached hydrogens (primary N) is 1. The minimum atomic E-state index is -3.52. The molecule has 1 saturated carbocycles. The molecule has 2 N–H and O–H groups in total. The van der Waals surface area contributed by atoms with Gasteiger partial charge in [-0.3, -0.25) is 0 Å². The minimum absolute atomic E-state index is 0. The molecule has 1 saturated heterocycles. The Kier molecular flexibility index (Phi) is 7.27. The topological polar surface area (TPSA) is 72.6 Å². The second kappa shape index (κ2) is 8.85. The monoisotopic (exact) mass is 400 g/mol. The van der Waals surface area contributed by atoms with E-state index >= 15 is 0 Å². The zero-order chi connectivity index (χ0) is 18.0. The highest BCUT2D eigenvalue weighted by Crippen LogP contribution is 2.32. The van der Waals surface area contributed by atoms with E-state index in [4.69, 9.17) is 10.5 Å². The third-order valence-electron chi connectivity index (χ3n) is 5.10. The van der Waals surface area contributed by atoms with Crippen LogP contribution in [0.3, 0.4) is 0 Å². The van der Waals surface area contributed by atoms with Crippen molar-refractivity contribution in [2.24, 2.45) is 11.7 Å².